The monoisotopic (exact) mass is 302 g/mol. The third kappa shape index (κ3) is 3.09. The number of hydrogen-bond acceptors (Lipinski definition) is 2. The molecule has 3 aromatic rings. The van der Waals surface area contributed by atoms with Crippen LogP contribution in [0.4, 0.5) is 4.39 Å². The second-order valence-corrected chi connectivity index (χ2v) is 5.15. The van der Waals surface area contributed by atoms with E-state index in [2.05, 4.69) is 0 Å². The van der Waals surface area contributed by atoms with E-state index in [0.29, 0.717) is 16.3 Å². The van der Waals surface area contributed by atoms with E-state index in [1.807, 2.05) is 18.2 Å². The minimum absolute atomic E-state index is 0.0940. The maximum atomic E-state index is 13.6. The third-order valence-electron chi connectivity index (χ3n) is 3.20. The third-order valence-corrected chi connectivity index (χ3v) is 3.43. The highest BCUT2D eigenvalue weighted by Gasteiger charge is 2.05. The van der Waals surface area contributed by atoms with Crippen molar-refractivity contribution in [1.82, 2.24) is 0 Å². The Morgan fingerprint density at radius 2 is 1.76 bits per heavy atom. The minimum Gasteiger partial charge on any atom is -0.508 e. The molecule has 0 heterocycles. The molecule has 3 aromatic carbocycles. The number of benzene rings is 3. The zero-order chi connectivity index (χ0) is 14.8. The van der Waals surface area contributed by atoms with Crippen molar-refractivity contribution in [3.8, 4) is 11.5 Å². The lowest BCUT2D eigenvalue weighted by atomic mass is 10.1. The second kappa shape index (κ2) is 5.62. The molecular weight excluding hydrogens is 291 g/mol. The molecule has 0 amide bonds. The molecule has 21 heavy (non-hydrogen) atoms. The molecule has 1 N–H and O–H groups in total. The van der Waals surface area contributed by atoms with Crippen LogP contribution in [0.2, 0.25) is 5.02 Å². The summed E-state index contributed by atoms with van der Waals surface area (Å²) < 4.78 is 19.2. The summed E-state index contributed by atoms with van der Waals surface area (Å²) in [6.07, 6.45) is 0. The van der Waals surface area contributed by atoms with E-state index in [1.54, 1.807) is 24.3 Å². The van der Waals surface area contributed by atoms with E-state index in [4.69, 9.17) is 16.3 Å². The fourth-order valence-electron chi connectivity index (χ4n) is 2.12. The quantitative estimate of drug-likeness (QED) is 0.744. The molecule has 0 aromatic heterocycles. The van der Waals surface area contributed by atoms with Crippen molar-refractivity contribution in [2.24, 2.45) is 0 Å². The summed E-state index contributed by atoms with van der Waals surface area (Å²) in [7, 11) is 0. The van der Waals surface area contributed by atoms with Crippen LogP contribution in [0.15, 0.2) is 54.6 Å². The number of aromatic hydroxyl groups is 1. The fourth-order valence-corrected chi connectivity index (χ4v) is 2.31. The topological polar surface area (TPSA) is 29.5 Å². The number of halogens is 2. The van der Waals surface area contributed by atoms with Crippen LogP contribution in [-0.4, -0.2) is 5.11 Å². The molecule has 4 heteroatoms. The van der Waals surface area contributed by atoms with Gasteiger partial charge in [-0.2, -0.15) is 0 Å². The van der Waals surface area contributed by atoms with Crippen molar-refractivity contribution in [1.29, 1.82) is 0 Å². The Kier molecular flexibility index (Phi) is 3.67. The minimum atomic E-state index is -0.349. The summed E-state index contributed by atoms with van der Waals surface area (Å²) >= 11 is 5.84. The lowest BCUT2D eigenvalue weighted by Crippen LogP contribution is -1.98. The van der Waals surface area contributed by atoms with Gasteiger partial charge in [-0.3, -0.25) is 0 Å². The molecule has 0 aliphatic rings. The number of hydrogen-bond donors (Lipinski definition) is 1. The number of phenols is 1. The smallest absolute Gasteiger partial charge is 0.129 e. The first-order chi connectivity index (χ1) is 10.1. The van der Waals surface area contributed by atoms with Crippen molar-refractivity contribution in [3.63, 3.8) is 0 Å². The van der Waals surface area contributed by atoms with Crippen LogP contribution in [0, 0.1) is 5.82 Å². The summed E-state index contributed by atoms with van der Waals surface area (Å²) in [5.41, 5.74) is 0.401. The Morgan fingerprint density at radius 3 is 2.62 bits per heavy atom. The standard InChI is InChI=1S/C17H12ClFO2/c18-14-3-6-17(19)13(7-14)10-21-16-5-2-11-1-4-15(20)8-12(11)9-16/h1-9,20H,10H2. The van der Waals surface area contributed by atoms with E-state index >= 15 is 0 Å². The van der Waals surface area contributed by atoms with Crippen molar-refractivity contribution in [2.45, 2.75) is 6.61 Å². The van der Waals surface area contributed by atoms with E-state index < -0.39 is 0 Å². The zero-order valence-electron chi connectivity index (χ0n) is 11.0. The van der Waals surface area contributed by atoms with Gasteiger partial charge in [0, 0.05) is 10.6 Å². The SMILES string of the molecule is Oc1ccc2ccc(OCc3cc(Cl)ccc3F)cc2c1. The van der Waals surface area contributed by atoms with Gasteiger partial charge in [0.1, 0.15) is 23.9 Å². The predicted molar refractivity (Wildman–Crippen MR) is 81.4 cm³/mol. The largest absolute Gasteiger partial charge is 0.508 e. The molecule has 2 nitrogen and oxygen atoms in total. The van der Waals surface area contributed by atoms with Crippen LogP contribution in [-0.2, 0) is 6.61 Å². The molecule has 0 saturated heterocycles. The molecule has 0 saturated carbocycles. The Balaban J connectivity index is 1.83. The van der Waals surface area contributed by atoms with Crippen molar-refractivity contribution < 1.29 is 14.2 Å². The van der Waals surface area contributed by atoms with Gasteiger partial charge in [-0.25, -0.2) is 4.39 Å². The molecular formula is C17H12ClFO2. The number of ether oxygens (including phenoxy) is 1. The van der Waals surface area contributed by atoms with E-state index in [-0.39, 0.29) is 18.2 Å². The summed E-state index contributed by atoms with van der Waals surface area (Å²) in [5, 5.41) is 11.8. The number of phenolic OH excluding ortho intramolecular Hbond substituents is 1. The van der Waals surface area contributed by atoms with Gasteiger partial charge >= 0.3 is 0 Å². The fraction of sp³-hybridized carbons (Fsp3) is 0.0588. The average molecular weight is 303 g/mol. The van der Waals surface area contributed by atoms with Crippen LogP contribution >= 0.6 is 11.6 Å². The van der Waals surface area contributed by atoms with Gasteiger partial charge in [0.15, 0.2) is 0 Å². The summed E-state index contributed by atoms with van der Waals surface area (Å²) in [5.74, 6) is 0.450. The first kappa shape index (κ1) is 13.7. The highest BCUT2D eigenvalue weighted by Crippen LogP contribution is 2.25. The molecule has 0 aliphatic heterocycles. The van der Waals surface area contributed by atoms with Gasteiger partial charge in [-0.1, -0.05) is 23.7 Å². The van der Waals surface area contributed by atoms with E-state index in [1.165, 1.54) is 12.1 Å². The van der Waals surface area contributed by atoms with Gasteiger partial charge in [-0.05, 0) is 53.2 Å². The molecule has 0 fully saturated rings. The van der Waals surface area contributed by atoms with Gasteiger partial charge < -0.3 is 9.84 Å². The highest BCUT2D eigenvalue weighted by atomic mass is 35.5. The van der Waals surface area contributed by atoms with Gasteiger partial charge in [-0.15, -0.1) is 0 Å². The molecule has 3 rings (SSSR count). The Morgan fingerprint density at radius 1 is 0.952 bits per heavy atom. The van der Waals surface area contributed by atoms with Crippen LogP contribution in [0.5, 0.6) is 11.5 Å². The molecule has 0 bridgehead atoms. The Hall–Kier alpha value is -2.26. The highest BCUT2D eigenvalue weighted by molar-refractivity contribution is 6.30. The Bertz CT molecular complexity index is 802. The van der Waals surface area contributed by atoms with Crippen LogP contribution < -0.4 is 4.74 Å². The first-order valence-corrected chi connectivity index (χ1v) is 6.79. The van der Waals surface area contributed by atoms with E-state index in [9.17, 15) is 9.50 Å². The summed E-state index contributed by atoms with van der Waals surface area (Å²) in [6.45, 7) is 0.0940. The maximum Gasteiger partial charge on any atom is 0.129 e. The summed E-state index contributed by atoms with van der Waals surface area (Å²) in [4.78, 5) is 0. The maximum absolute atomic E-state index is 13.6. The zero-order valence-corrected chi connectivity index (χ0v) is 11.8. The Labute approximate surface area is 126 Å². The molecule has 0 aliphatic carbocycles. The lowest BCUT2D eigenvalue weighted by molar-refractivity contribution is 0.300. The number of rotatable bonds is 3. The van der Waals surface area contributed by atoms with Crippen molar-refractivity contribution in [2.75, 3.05) is 0 Å². The van der Waals surface area contributed by atoms with Crippen LogP contribution in [0.3, 0.4) is 0 Å². The summed E-state index contributed by atoms with van der Waals surface area (Å²) in [6, 6.07) is 15.0. The normalized spacial score (nSPS) is 10.8. The predicted octanol–water partition coefficient (Wildman–Crippen LogP) is 4.92. The van der Waals surface area contributed by atoms with Gasteiger partial charge in [0.05, 0.1) is 0 Å². The first-order valence-electron chi connectivity index (χ1n) is 6.41. The van der Waals surface area contributed by atoms with Crippen LogP contribution in [0.1, 0.15) is 5.56 Å². The number of fused-ring (bicyclic) bond motifs is 1. The van der Waals surface area contributed by atoms with E-state index in [0.717, 1.165) is 10.8 Å². The lowest BCUT2D eigenvalue weighted by Gasteiger charge is -2.09. The second-order valence-electron chi connectivity index (χ2n) is 4.72. The molecule has 0 radical (unpaired) electrons. The molecule has 0 spiro atoms. The van der Waals surface area contributed by atoms with Crippen molar-refractivity contribution >= 4 is 22.4 Å². The average Bonchev–Trinajstić information content (AvgIpc) is 2.47. The molecule has 0 unspecified atom stereocenters. The molecule has 0 atom stereocenters. The molecule has 106 valence electrons. The van der Waals surface area contributed by atoms with Gasteiger partial charge in [0.2, 0.25) is 0 Å². The van der Waals surface area contributed by atoms with Gasteiger partial charge in [0.25, 0.3) is 0 Å². The van der Waals surface area contributed by atoms with Crippen molar-refractivity contribution in [3.05, 3.63) is 71.0 Å². The van der Waals surface area contributed by atoms with Crippen LogP contribution in [0.25, 0.3) is 10.8 Å².